The fraction of sp³-hybridized carbons (Fsp3) is 0.136. The van der Waals surface area contributed by atoms with Gasteiger partial charge in [-0.2, -0.15) is 9.94 Å². The van der Waals surface area contributed by atoms with E-state index < -0.39 is 22.4 Å². The molecule has 160 valence electrons. The van der Waals surface area contributed by atoms with Crippen LogP contribution in [0, 0.1) is 11.3 Å². The zero-order valence-electron chi connectivity index (χ0n) is 16.9. The van der Waals surface area contributed by atoms with Crippen molar-refractivity contribution in [3.63, 3.8) is 0 Å². The van der Waals surface area contributed by atoms with Crippen molar-refractivity contribution in [2.75, 3.05) is 0 Å². The molecule has 0 spiro atoms. The Morgan fingerprint density at radius 1 is 1.12 bits per heavy atom. The predicted molar refractivity (Wildman–Crippen MR) is 125 cm³/mol. The van der Waals surface area contributed by atoms with Gasteiger partial charge in [-0.15, -0.1) is 16.4 Å². The van der Waals surface area contributed by atoms with E-state index in [0.29, 0.717) is 15.6 Å². The molecule has 0 aliphatic rings. The molecule has 32 heavy (non-hydrogen) atoms. The summed E-state index contributed by atoms with van der Waals surface area (Å²) in [7, 11) is 0. The van der Waals surface area contributed by atoms with Gasteiger partial charge >= 0.3 is 5.69 Å². The third kappa shape index (κ3) is 3.86. The van der Waals surface area contributed by atoms with Gasteiger partial charge in [0.1, 0.15) is 11.1 Å². The Hall–Kier alpha value is -3.25. The van der Waals surface area contributed by atoms with Crippen molar-refractivity contribution in [2.45, 2.75) is 19.3 Å². The lowest BCUT2D eigenvalue weighted by atomic mass is 9.85. The van der Waals surface area contributed by atoms with Gasteiger partial charge in [-0.25, -0.2) is 9.78 Å². The highest BCUT2D eigenvalue weighted by Crippen LogP contribution is 2.43. The number of H-pyrrole nitrogens is 1. The minimum absolute atomic E-state index is 0.224. The van der Waals surface area contributed by atoms with E-state index in [-0.39, 0.29) is 5.69 Å². The number of hydrogen-bond acceptors (Lipinski definition) is 6. The van der Waals surface area contributed by atoms with E-state index in [2.05, 4.69) is 10.1 Å². The highest BCUT2D eigenvalue weighted by atomic mass is 35.5. The molecule has 0 aliphatic heterocycles. The lowest BCUT2D eigenvalue weighted by Crippen LogP contribution is -2.33. The van der Waals surface area contributed by atoms with Crippen LogP contribution < -0.4 is 11.2 Å². The molecule has 10 heteroatoms. The van der Waals surface area contributed by atoms with Crippen LogP contribution in [0.2, 0.25) is 10.0 Å². The van der Waals surface area contributed by atoms with E-state index in [0.717, 1.165) is 20.9 Å². The number of nitrogens with zero attached hydrogens (tertiary/aromatic N) is 4. The summed E-state index contributed by atoms with van der Waals surface area (Å²) < 4.78 is 0.880. The Kier molecular flexibility index (Phi) is 5.73. The number of hydrogen-bond donors (Lipinski definition) is 1. The topological polar surface area (TPSA) is 104 Å². The highest BCUT2D eigenvalue weighted by Gasteiger charge is 2.32. The van der Waals surface area contributed by atoms with Crippen LogP contribution in [-0.4, -0.2) is 19.7 Å². The number of halogens is 2. The van der Waals surface area contributed by atoms with Gasteiger partial charge in [-0.1, -0.05) is 53.5 Å². The van der Waals surface area contributed by atoms with Crippen molar-refractivity contribution in [1.29, 1.82) is 5.26 Å². The van der Waals surface area contributed by atoms with Gasteiger partial charge in [0.15, 0.2) is 0 Å². The van der Waals surface area contributed by atoms with Gasteiger partial charge in [0.05, 0.1) is 11.4 Å². The van der Waals surface area contributed by atoms with Crippen LogP contribution in [0.5, 0.6) is 0 Å². The van der Waals surface area contributed by atoms with Crippen molar-refractivity contribution in [2.24, 2.45) is 0 Å². The molecular formula is C22H15Cl2N5O2S. The molecule has 0 fully saturated rings. The number of benzene rings is 2. The Morgan fingerprint density at radius 2 is 1.78 bits per heavy atom. The number of aromatic amines is 1. The van der Waals surface area contributed by atoms with Crippen LogP contribution in [-0.2, 0) is 5.41 Å². The van der Waals surface area contributed by atoms with Crippen molar-refractivity contribution in [1.82, 2.24) is 19.7 Å². The minimum Gasteiger partial charge on any atom is -0.270 e. The van der Waals surface area contributed by atoms with Crippen LogP contribution in [0.15, 0.2) is 57.4 Å². The molecule has 1 N–H and O–H groups in total. The maximum absolute atomic E-state index is 12.2. The van der Waals surface area contributed by atoms with E-state index >= 15 is 0 Å². The van der Waals surface area contributed by atoms with Gasteiger partial charge < -0.3 is 0 Å². The van der Waals surface area contributed by atoms with E-state index in [9.17, 15) is 9.59 Å². The van der Waals surface area contributed by atoms with Crippen LogP contribution in [0.1, 0.15) is 30.1 Å². The molecule has 0 saturated heterocycles. The second-order valence-electron chi connectivity index (χ2n) is 7.44. The number of nitrogens with one attached hydrogen (secondary N) is 1. The van der Waals surface area contributed by atoms with Gasteiger partial charge in [-0.05, 0) is 26.0 Å². The number of thiazole rings is 1. The van der Waals surface area contributed by atoms with Crippen LogP contribution in [0.25, 0.3) is 16.9 Å². The molecule has 0 unspecified atom stereocenters. The number of rotatable bonds is 4. The Labute approximate surface area is 196 Å². The third-order valence-electron chi connectivity index (χ3n) is 4.94. The van der Waals surface area contributed by atoms with E-state index in [4.69, 9.17) is 33.4 Å². The molecule has 0 saturated carbocycles. The first kappa shape index (κ1) is 22.0. The molecule has 4 aromatic rings. The van der Waals surface area contributed by atoms with Crippen molar-refractivity contribution in [3.05, 3.63) is 95.0 Å². The molecule has 2 heterocycles. The molecule has 0 amide bonds. The summed E-state index contributed by atoms with van der Waals surface area (Å²) in [5.74, 6) is 0. The van der Waals surface area contributed by atoms with Gasteiger partial charge in [-0.3, -0.25) is 9.78 Å². The Balaban J connectivity index is 1.79. The van der Waals surface area contributed by atoms with Crippen LogP contribution in [0.4, 0.5) is 0 Å². The summed E-state index contributed by atoms with van der Waals surface area (Å²) >= 11 is 14.7. The fourth-order valence-electron chi connectivity index (χ4n) is 3.34. The molecule has 2 aromatic heterocycles. The summed E-state index contributed by atoms with van der Waals surface area (Å²) in [5.41, 5.74) is -0.0191. The first-order chi connectivity index (χ1) is 15.2. The SMILES string of the molecule is CC(C)(c1nc(-c2ccccc2)cs1)c1c(Cl)cc(-n2nc(C#N)c(=O)[nH]c2=O)cc1Cl. The van der Waals surface area contributed by atoms with Crippen molar-refractivity contribution < 1.29 is 0 Å². The van der Waals surface area contributed by atoms with Crippen molar-refractivity contribution in [3.8, 4) is 23.0 Å². The lowest BCUT2D eigenvalue weighted by Gasteiger charge is -2.25. The number of nitriles is 1. The van der Waals surface area contributed by atoms with E-state index in [1.54, 1.807) is 6.07 Å². The maximum atomic E-state index is 12.2. The maximum Gasteiger partial charge on any atom is 0.349 e. The standard InChI is InChI=1S/C22H15Cl2N5O2S/c1-22(2,20-26-17(11-32-20)12-6-4-3-5-7-12)18-14(23)8-13(9-15(18)24)29-21(31)27-19(30)16(10-25)28-29/h3-9,11H,1-2H3,(H,27,30,31). The van der Waals surface area contributed by atoms with Gasteiger partial charge in [0, 0.05) is 32.0 Å². The normalized spacial score (nSPS) is 11.3. The van der Waals surface area contributed by atoms with E-state index in [1.807, 2.05) is 49.6 Å². The highest BCUT2D eigenvalue weighted by molar-refractivity contribution is 7.10. The van der Waals surface area contributed by atoms with E-state index in [1.165, 1.54) is 23.5 Å². The minimum atomic E-state index is -0.860. The smallest absolute Gasteiger partial charge is 0.270 e. The van der Waals surface area contributed by atoms with Gasteiger partial charge in [0.2, 0.25) is 5.69 Å². The molecular weight excluding hydrogens is 469 g/mol. The zero-order valence-corrected chi connectivity index (χ0v) is 19.2. The molecule has 0 bridgehead atoms. The summed E-state index contributed by atoms with van der Waals surface area (Å²) in [6.07, 6.45) is 0. The second kappa shape index (κ2) is 8.36. The fourth-order valence-corrected chi connectivity index (χ4v) is 5.24. The summed E-state index contributed by atoms with van der Waals surface area (Å²) in [6, 6.07) is 14.5. The van der Waals surface area contributed by atoms with Crippen molar-refractivity contribution >= 4 is 34.5 Å². The molecule has 4 rings (SSSR count). The first-order valence-electron chi connectivity index (χ1n) is 9.37. The molecule has 0 radical (unpaired) electrons. The molecule has 0 atom stereocenters. The molecule has 7 nitrogen and oxygen atoms in total. The van der Waals surface area contributed by atoms with Gasteiger partial charge in [0.25, 0.3) is 5.56 Å². The average Bonchev–Trinajstić information content (AvgIpc) is 3.25. The first-order valence-corrected chi connectivity index (χ1v) is 11.0. The quantitative estimate of drug-likeness (QED) is 0.458. The number of aromatic nitrogens is 4. The Bertz CT molecular complexity index is 1460. The Morgan fingerprint density at radius 3 is 2.41 bits per heavy atom. The summed E-state index contributed by atoms with van der Waals surface area (Å²) in [5, 5.41) is 16.2. The molecule has 2 aromatic carbocycles. The second-order valence-corrected chi connectivity index (χ2v) is 9.12. The van der Waals surface area contributed by atoms with Crippen LogP contribution in [0.3, 0.4) is 0 Å². The average molecular weight is 484 g/mol. The zero-order chi connectivity index (χ0) is 23.0. The molecule has 0 aliphatic carbocycles. The lowest BCUT2D eigenvalue weighted by molar-refractivity contribution is 0.635. The largest absolute Gasteiger partial charge is 0.349 e. The third-order valence-corrected chi connectivity index (χ3v) is 6.70. The summed E-state index contributed by atoms with van der Waals surface area (Å²) in [6.45, 7) is 3.93. The predicted octanol–water partition coefficient (Wildman–Crippen LogP) is 4.55. The van der Waals surface area contributed by atoms with Crippen LogP contribution >= 0.6 is 34.5 Å². The monoisotopic (exact) mass is 483 g/mol. The summed E-state index contributed by atoms with van der Waals surface area (Å²) in [4.78, 5) is 30.7.